The molecule has 2 aromatic carbocycles. The molecule has 0 spiro atoms. The van der Waals surface area contributed by atoms with E-state index in [1.165, 1.54) is 0 Å². The lowest BCUT2D eigenvalue weighted by Crippen LogP contribution is -2.41. The molecule has 1 atom stereocenters. The summed E-state index contributed by atoms with van der Waals surface area (Å²) in [6.07, 6.45) is 0.811. The average Bonchev–Trinajstić information content (AvgIpc) is 3.15. The molecule has 0 N–H and O–H groups in total. The van der Waals surface area contributed by atoms with Crippen molar-refractivity contribution in [2.45, 2.75) is 33.7 Å². The second-order valence-corrected chi connectivity index (χ2v) is 9.77. The first-order chi connectivity index (χ1) is 16.3. The Hall–Kier alpha value is -2.80. The highest BCUT2D eigenvalue weighted by Gasteiger charge is 2.26. The summed E-state index contributed by atoms with van der Waals surface area (Å²) in [5.74, 6) is 2.88. The van der Waals surface area contributed by atoms with E-state index in [1.54, 1.807) is 0 Å². The van der Waals surface area contributed by atoms with Gasteiger partial charge in [0.05, 0.1) is 29.8 Å². The van der Waals surface area contributed by atoms with Gasteiger partial charge in [0.15, 0.2) is 23.0 Å². The van der Waals surface area contributed by atoms with E-state index in [2.05, 4.69) is 13.8 Å². The molecule has 184 valence electrons. The third-order valence-electron chi connectivity index (χ3n) is 5.89. The summed E-state index contributed by atoms with van der Waals surface area (Å²) in [6, 6.07) is 9.62. The molecule has 0 aliphatic carbocycles. The van der Waals surface area contributed by atoms with Gasteiger partial charge in [0.1, 0.15) is 0 Å². The van der Waals surface area contributed by atoms with E-state index in [4.69, 9.17) is 30.5 Å². The summed E-state index contributed by atoms with van der Waals surface area (Å²) in [5, 5.41) is 0.513. The van der Waals surface area contributed by atoms with Gasteiger partial charge in [-0.3, -0.25) is 4.79 Å². The van der Waals surface area contributed by atoms with Crippen molar-refractivity contribution in [1.29, 1.82) is 0 Å². The summed E-state index contributed by atoms with van der Waals surface area (Å²) >= 11 is 6.50. The molecule has 0 saturated carbocycles. The number of ether oxygens (including phenoxy) is 4. The predicted octanol–water partition coefficient (Wildman–Crippen LogP) is 4.99. The van der Waals surface area contributed by atoms with Crippen molar-refractivity contribution in [1.82, 2.24) is 4.90 Å². The molecule has 8 heteroatoms. The number of halogens is 1. The number of amides is 1. The lowest BCUT2D eigenvalue weighted by atomic mass is 10.1. The van der Waals surface area contributed by atoms with Gasteiger partial charge < -0.3 is 28.7 Å². The van der Waals surface area contributed by atoms with Gasteiger partial charge in [0, 0.05) is 33.1 Å². The van der Waals surface area contributed by atoms with E-state index in [-0.39, 0.29) is 18.6 Å². The van der Waals surface area contributed by atoms with Crippen LogP contribution < -0.4 is 23.8 Å². The van der Waals surface area contributed by atoms with Crippen LogP contribution in [0.25, 0.3) is 0 Å². The van der Waals surface area contributed by atoms with Crippen molar-refractivity contribution >= 4 is 23.2 Å². The first-order valence-corrected chi connectivity index (χ1v) is 12.2. The molecule has 0 fully saturated rings. The predicted molar refractivity (Wildman–Crippen MR) is 132 cm³/mol. The number of carbonyl (C=O) groups is 1. The van der Waals surface area contributed by atoms with Crippen LogP contribution in [0.4, 0.5) is 5.69 Å². The first kappa shape index (κ1) is 24.3. The number of hydrogen-bond donors (Lipinski definition) is 0. The Labute approximate surface area is 206 Å². The van der Waals surface area contributed by atoms with E-state index in [1.807, 2.05) is 54.1 Å². The van der Waals surface area contributed by atoms with Gasteiger partial charge in [-0.25, -0.2) is 0 Å². The summed E-state index contributed by atoms with van der Waals surface area (Å²) < 4.78 is 22.7. The zero-order valence-electron chi connectivity index (χ0n) is 20.3. The van der Waals surface area contributed by atoms with Gasteiger partial charge in [0.25, 0.3) is 0 Å². The lowest BCUT2D eigenvalue weighted by molar-refractivity contribution is -0.135. The SMILES string of the molecule is CC(C)CN(Cc1cc(Cl)c2c(c1)OCCCO2)C(=O)C(C)CN(C)c1cccc2c1OCO2. The molecule has 0 bridgehead atoms. The second-order valence-electron chi connectivity index (χ2n) is 9.36. The highest BCUT2D eigenvalue weighted by atomic mass is 35.5. The van der Waals surface area contributed by atoms with Gasteiger partial charge in [-0.15, -0.1) is 0 Å². The molecule has 7 nitrogen and oxygen atoms in total. The second kappa shape index (κ2) is 10.6. The summed E-state index contributed by atoms with van der Waals surface area (Å²) in [5.41, 5.74) is 1.84. The van der Waals surface area contributed by atoms with Gasteiger partial charge in [-0.2, -0.15) is 0 Å². The van der Waals surface area contributed by atoms with Crippen LogP contribution in [0.3, 0.4) is 0 Å². The molecule has 34 heavy (non-hydrogen) atoms. The molecule has 1 unspecified atom stereocenters. The van der Waals surface area contributed by atoms with Gasteiger partial charge in [-0.05, 0) is 35.7 Å². The van der Waals surface area contributed by atoms with Crippen LogP contribution in [0.1, 0.15) is 32.8 Å². The van der Waals surface area contributed by atoms with Crippen LogP contribution >= 0.6 is 11.6 Å². The van der Waals surface area contributed by atoms with E-state index < -0.39 is 0 Å². The molecule has 0 aromatic heterocycles. The van der Waals surface area contributed by atoms with E-state index in [0.717, 1.165) is 29.2 Å². The lowest BCUT2D eigenvalue weighted by Gasteiger charge is -2.30. The minimum Gasteiger partial charge on any atom is -0.489 e. The first-order valence-electron chi connectivity index (χ1n) is 11.8. The topological polar surface area (TPSA) is 60.5 Å². The Morgan fingerprint density at radius 1 is 1.00 bits per heavy atom. The number of nitrogens with zero attached hydrogens (tertiary/aromatic N) is 2. The van der Waals surface area contributed by atoms with Crippen LogP contribution in [0.2, 0.25) is 5.02 Å². The summed E-state index contributed by atoms with van der Waals surface area (Å²) in [4.78, 5) is 17.5. The van der Waals surface area contributed by atoms with Crippen LogP contribution in [0, 0.1) is 11.8 Å². The zero-order chi connectivity index (χ0) is 24.2. The number of para-hydroxylation sites is 1. The molecule has 4 rings (SSSR count). The quantitative estimate of drug-likeness (QED) is 0.522. The Morgan fingerprint density at radius 2 is 1.79 bits per heavy atom. The maximum atomic E-state index is 13.6. The molecular formula is C26H33ClN2O5. The molecule has 2 aliphatic rings. The van der Waals surface area contributed by atoms with Crippen LogP contribution in [0.15, 0.2) is 30.3 Å². The van der Waals surface area contributed by atoms with Gasteiger partial charge in [-0.1, -0.05) is 38.4 Å². The molecule has 2 aromatic rings. The van der Waals surface area contributed by atoms with E-state index in [0.29, 0.717) is 55.3 Å². The minimum atomic E-state index is -0.224. The fourth-order valence-electron chi connectivity index (χ4n) is 4.38. The Morgan fingerprint density at radius 3 is 2.59 bits per heavy atom. The van der Waals surface area contributed by atoms with Crippen molar-refractivity contribution < 1.29 is 23.7 Å². The van der Waals surface area contributed by atoms with Crippen molar-refractivity contribution in [3.8, 4) is 23.0 Å². The number of rotatable bonds is 8. The molecule has 0 saturated heterocycles. The minimum absolute atomic E-state index is 0.0912. The fraction of sp³-hybridized carbons (Fsp3) is 0.500. The van der Waals surface area contributed by atoms with Crippen LogP contribution in [-0.2, 0) is 11.3 Å². The number of hydrogen-bond acceptors (Lipinski definition) is 6. The number of anilines is 1. The molecule has 2 aliphatic heterocycles. The highest BCUT2D eigenvalue weighted by Crippen LogP contribution is 2.41. The van der Waals surface area contributed by atoms with Crippen LogP contribution in [-0.4, -0.2) is 51.0 Å². The van der Waals surface area contributed by atoms with Crippen molar-refractivity contribution in [3.63, 3.8) is 0 Å². The average molecular weight is 489 g/mol. The summed E-state index contributed by atoms with van der Waals surface area (Å²) in [7, 11) is 1.97. The van der Waals surface area contributed by atoms with Crippen molar-refractivity contribution in [2.24, 2.45) is 11.8 Å². The third-order valence-corrected chi connectivity index (χ3v) is 6.17. The smallest absolute Gasteiger partial charge is 0.231 e. The molecule has 0 radical (unpaired) electrons. The van der Waals surface area contributed by atoms with Crippen LogP contribution in [0.5, 0.6) is 23.0 Å². The number of carbonyl (C=O) groups excluding carboxylic acids is 1. The van der Waals surface area contributed by atoms with Crippen molar-refractivity contribution in [3.05, 3.63) is 40.9 Å². The van der Waals surface area contributed by atoms with Gasteiger partial charge >= 0.3 is 0 Å². The Bertz CT molecular complexity index is 1030. The molecular weight excluding hydrogens is 456 g/mol. The highest BCUT2D eigenvalue weighted by molar-refractivity contribution is 6.32. The summed E-state index contributed by atoms with van der Waals surface area (Å²) in [6.45, 7) is 9.23. The Balaban J connectivity index is 1.49. The monoisotopic (exact) mass is 488 g/mol. The molecule has 2 heterocycles. The molecule has 1 amide bonds. The van der Waals surface area contributed by atoms with Crippen molar-refractivity contribution in [2.75, 3.05) is 45.0 Å². The Kier molecular flexibility index (Phi) is 7.61. The number of fused-ring (bicyclic) bond motifs is 2. The third kappa shape index (κ3) is 5.46. The zero-order valence-corrected chi connectivity index (χ0v) is 21.1. The maximum absolute atomic E-state index is 13.6. The maximum Gasteiger partial charge on any atom is 0.231 e. The largest absolute Gasteiger partial charge is 0.489 e. The van der Waals surface area contributed by atoms with E-state index >= 15 is 0 Å². The standard InChI is InChI=1S/C26H33ClN2O5/c1-17(2)13-29(15-19-11-20(27)24-23(12-19)31-9-6-10-32-24)26(30)18(3)14-28(4)21-7-5-8-22-25(21)34-16-33-22/h5,7-8,11-12,17-18H,6,9-10,13-16H2,1-4H3. The number of benzene rings is 2. The van der Waals surface area contributed by atoms with E-state index in [9.17, 15) is 4.79 Å². The normalized spacial score (nSPS) is 15.1. The fourth-order valence-corrected chi connectivity index (χ4v) is 4.67. The van der Waals surface area contributed by atoms with Gasteiger partial charge in [0.2, 0.25) is 12.7 Å².